The van der Waals surface area contributed by atoms with Crippen LogP contribution >= 0.6 is 12.0 Å². The Labute approximate surface area is 115 Å². The van der Waals surface area contributed by atoms with E-state index >= 15 is 0 Å². The number of anilines is 1. The van der Waals surface area contributed by atoms with Gasteiger partial charge in [0, 0.05) is 47.8 Å². The van der Waals surface area contributed by atoms with Crippen molar-refractivity contribution in [2.45, 2.75) is 44.7 Å². The van der Waals surface area contributed by atoms with Crippen molar-refractivity contribution in [3.63, 3.8) is 0 Å². The van der Waals surface area contributed by atoms with Crippen LogP contribution in [0.4, 0.5) is 5.69 Å². The van der Waals surface area contributed by atoms with Crippen LogP contribution in [0.2, 0.25) is 0 Å². The summed E-state index contributed by atoms with van der Waals surface area (Å²) in [4.78, 5) is 3.33. The summed E-state index contributed by atoms with van der Waals surface area (Å²) in [6, 6.07) is 8.95. The van der Waals surface area contributed by atoms with Crippen LogP contribution in [0.25, 0.3) is 0 Å². The molecular formula is C14H24N2OS. The maximum Gasteiger partial charge on any atom is 0.0352 e. The van der Waals surface area contributed by atoms with Gasteiger partial charge < -0.3 is 9.87 Å². The van der Waals surface area contributed by atoms with E-state index in [4.69, 9.17) is 4.55 Å². The summed E-state index contributed by atoms with van der Waals surface area (Å²) < 4.78 is 8.89. The molecule has 1 aromatic carbocycles. The van der Waals surface area contributed by atoms with Crippen LogP contribution < -0.4 is 5.32 Å². The van der Waals surface area contributed by atoms with Crippen LogP contribution in [0.5, 0.6) is 0 Å². The highest BCUT2D eigenvalue weighted by Gasteiger charge is 2.12. The summed E-state index contributed by atoms with van der Waals surface area (Å²) in [5.41, 5.74) is 1.10. The molecule has 0 spiro atoms. The smallest absolute Gasteiger partial charge is 0.0352 e. The Balaban J connectivity index is 2.40. The Bertz CT molecular complexity index is 330. The summed E-state index contributed by atoms with van der Waals surface area (Å²) in [6.07, 6.45) is 0. The molecule has 0 saturated heterocycles. The van der Waals surface area contributed by atoms with E-state index in [0.29, 0.717) is 12.1 Å². The van der Waals surface area contributed by atoms with Gasteiger partial charge in [0.05, 0.1) is 0 Å². The molecule has 1 rings (SSSR count). The number of benzene rings is 1. The van der Waals surface area contributed by atoms with Crippen molar-refractivity contribution < 1.29 is 4.55 Å². The minimum Gasteiger partial charge on any atom is -0.384 e. The molecule has 102 valence electrons. The van der Waals surface area contributed by atoms with Gasteiger partial charge in [0.25, 0.3) is 0 Å². The zero-order valence-corrected chi connectivity index (χ0v) is 12.5. The van der Waals surface area contributed by atoms with E-state index in [0.717, 1.165) is 35.7 Å². The van der Waals surface area contributed by atoms with Crippen LogP contribution in [-0.4, -0.2) is 34.6 Å². The van der Waals surface area contributed by atoms with E-state index in [-0.39, 0.29) is 0 Å². The van der Waals surface area contributed by atoms with Crippen LogP contribution in [0.1, 0.15) is 27.7 Å². The molecule has 0 saturated carbocycles. The number of hydrogen-bond donors (Lipinski definition) is 2. The van der Waals surface area contributed by atoms with Gasteiger partial charge in [0.1, 0.15) is 0 Å². The predicted octanol–water partition coefficient (Wildman–Crippen LogP) is 3.78. The largest absolute Gasteiger partial charge is 0.384 e. The standard InChI is InChI=1S/C14H24N2OS/c1-11(2)16(12(3)4)10-9-15-13-5-7-14(18-17)8-6-13/h5-8,11-12,15,17H,9-10H2,1-4H3. The lowest BCUT2D eigenvalue weighted by Gasteiger charge is -2.30. The molecule has 4 heteroatoms. The normalized spacial score (nSPS) is 11.6. The first-order valence-corrected chi connectivity index (χ1v) is 7.23. The predicted molar refractivity (Wildman–Crippen MR) is 80.4 cm³/mol. The zero-order valence-electron chi connectivity index (χ0n) is 11.7. The maximum absolute atomic E-state index is 8.89. The Morgan fingerprint density at radius 2 is 1.67 bits per heavy atom. The molecule has 18 heavy (non-hydrogen) atoms. The first-order chi connectivity index (χ1) is 8.54. The number of nitrogens with one attached hydrogen (secondary N) is 1. The third-order valence-electron chi connectivity index (χ3n) is 2.99. The van der Waals surface area contributed by atoms with Gasteiger partial charge in [0.2, 0.25) is 0 Å². The molecule has 0 aromatic heterocycles. The molecule has 3 nitrogen and oxygen atoms in total. The Morgan fingerprint density at radius 3 is 2.11 bits per heavy atom. The van der Waals surface area contributed by atoms with Gasteiger partial charge >= 0.3 is 0 Å². The molecule has 0 bridgehead atoms. The highest BCUT2D eigenvalue weighted by molar-refractivity contribution is 7.93. The number of rotatable bonds is 7. The Kier molecular flexibility index (Phi) is 6.54. The van der Waals surface area contributed by atoms with Gasteiger partial charge in [-0.2, -0.15) is 0 Å². The maximum atomic E-state index is 8.89. The summed E-state index contributed by atoms with van der Waals surface area (Å²) in [5.74, 6) is 0. The van der Waals surface area contributed by atoms with Crippen molar-refractivity contribution in [3.05, 3.63) is 24.3 Å². The Morgan fingerprint density at radius 1 is 1.11 bits per heavy atom. The van der Waals surface area contributed by atoms with Crippen molar-refractivity contribution >= 4 is 17.7 Å². The van der Waals surface area contributed by atoms with Gasteiger partial charge in [-0.1, -0.05) is 0 Å². The molecule has 0 atom stereocenters. The summed E-state index contributed by atoms with van der Waals surface area (Å²) >= 11 is 0.778. The molecule has 0 aliphatic carbocycles. The lowest BCUT2D eigenvalue weighted by molar-refractivity contribution is 0.182. The topological polar surface area (TPSA) is 35.5 Å². The minimum absolute atomic E-state index is 0.569. The van der Waals surface area contributed by atoms with Crippen LogP contribution in [0, 0.1) is 0 Å². The molecule has 0 heterocycles. The quantitative estimate of drug-likeness (QED) is 0.738. The fourth-order valence-corrected chi connectivity index (χ4v) is 2.33. The van der Waals surface area contributed by atoms with E-state index in [1.807, 2.05) is 24.3 Å². The highest BCUT2D eigenvalue weighted by atomic mass is 32.2. The van der Waals surface area contributed by atoms with Gasteiger partial charge in [-0.05, 0) is 52.0 Å². The van der Waals surface area contributed by atoms with Crippen LogP contribution in [0.15, 0.2) is 29.2 Å². The fraction of sp³-hybridized carbons (Fsp3) is 0.571. The average molecular weight is 268 g/mol. The van der Waals surface area contributed by atoms with Crippen LogP contribution in [-0.2, 0) is 0 Å². The first kappa shape index (κ1) is 15.3. The van der Waals surface area contributed by atoms with Crippen molar-refractivity contribution in [2.24, 2.45) is 0 Å². The van der Waals surface area contributed by atoms with Crippen molar-refractivity contribution in [2.75, 3.05) is 18.4 Å². The van der Waals surface area contributed by atoms with Gasteiger partial charge in [0.15, 0.2) is 0 Å². The second-order valence-electron chi connectivity index (χ2n) is 4.97. The second kappa shape index (κ2) is 7.67. The molecule has 2 N–H and O–H groups in total. The lowest BCUT2D eigenvalue weighted by Crippen LogP contribution is -2.40. The summed E-state index contributed by atoms with van der Waals surface area (Å²) in [6.45, 7) is 10.9. The summed E-state index contributed by atoms with van der Waals surface area (Å²) in [5, 5.41) is 3.40. The van der Waals surface area contributed by atoms with Crippen molar-refractivity contribution in [1.82, 2.24) is 4.90 Å². The molecule has 1 aromatic rings. The average Bonchev–Trinajstić information content (AvgIpc) is 2.34. The zero-order chi connectivity index (χ0) is 13.5. The lowest BCUT2D eigenvalue weighted by atomic mass is 10.2. The summed E-state index contributed by atoms with van der Waals surface area (Å²) in [7, 11) is 0. The van der Waals surface area contributed by atoms with Crippen molar-refractivity contribution in [3.8, 4) is 0 Å². The van der Waals surface area contributed by atoms with E-state index < -0.39 is 0 Å². The highest BCUT2D eigenvalue weighted by Crippen LogP contribution is 2.17. The van der Waals surface area contributed by atoms with E-state index in [1.165, 1.54) is 0 Å². The molecule has 0 amide bonds. The first-order valence-electron chi connectivity index (χ1n) is 6.45. The minimum atomic E-state index is 0.569. The second-order valence-corrected chi connectivity index (χ2v) is 5.62. The van der Waals surface area contributed by atoms with E-state index in [2.05, 4.69) is 37.9 Å². The Hall–Kier alpha value is -0.710. The van der Waals surface area contributed by atoms with Crippen LogP contribution in [0.3, 0.4) is 0 Å². The SMILES string of the molecule is CC(C)N(CCNc1ccc(SO)cc1)C(C)C. The van der Waals surface area contributed by atoms with E-state index in [1.54, 1.807) is 0 Å². The number of hydrogen-bond acceptors (Lipinski definition) is 4. The molecular weight excluding hydrogens is 244 g/mol. The third kappa shape index (κ3) is 4.88. The fourth-order valence-electron chi connectivity index (χ4n) is 2.08. The van der Waals surface area contributed by atoms with Crippen molar-refractivity contribution in [1.29, 1.82) is 0 Å². The van der Waals surface area contributed by atoms with Gasteiger partial charge in [-0.15, -0.1) is 0 Å². The molecule has 0 radical (unpaired) electrons. The molecule has 0 aliphatic rings. The molecule has 0 unspecified atom stereocenters. The molecule has 0 aliphatic heterocycles. The number of nitrogens with zero attached hydrogens (tertiary/aromatic N) is 1. The van der Waals surface area contributed by atoms with Gasteiger partial charge in [-0.25, -0.2) is 0 Å². The monoisotopic (exact) mass is 268 g/mol. The third-order valence-corrected chi connectivity index (χ3v) is 3.47. The van der Waals surface area contributed by atoms with Gasteiger partial charge in [-0.3, -0.25) is 4.90 Å². The molecule has 0 fully saturated rings. The van der Waals surface area contributed by atoms with E-state index in [9.17, 15) is 0 Å².